The van der Waals surface area contributed by atoms with Crippen LogP contribution < -0.4 is 5.32 Å². The van der Waals surface area contributed by atoms with Crippen molar-refractivity contribution in [3.05, 3.63) is 51.4 Å². The minimum atomic E-state index is 0.798. The molecule has 0 radical (unpaired) electrons. The lowest BCUT2D eigenvalue weighted by Crippen LogP contribution is -2.39. The van der Waals surface area contributed by atoms with E-state index in [2.05, 4.69) is 20.2 Å². The van der Waals surface area contributed by atoms with Gasteiger partial charge in [0.15, 0.2) is 5.96 Å². The second kappa shape index (κ2) is 8.00. The molecule has 0 atom stereocenters. The van der Waals surface area contributed by atoms with Crippen molar-refractivity contribution in [1.82, 2.24) is 15.2 Å². The van der Waals surface area contributed by atoms with E-state index in [-0.39, 0.29) is 0 Å². The van der Waals surface area contributed by atoms with Crippen molar-refractivity contribution < 1.29 is 0 Å². The van der Waals surface area contributed by atoms with Crippen LogP contribution in [0.2, 0.25) is 4.34 Å². The van der Waals surface area contributed by atoms with Gasteiger partial charge in [-0.3, -0.25) is 9.98 Å². The molecule has 0 aliphatic rings. The summed E-state index contributed by atoms with van der Waals surface area (Å²) in [5.74, 6) is 0.883. The molecule has 4 nitrogen and oxygen atoms in total. The van der Waals surface area contributed by atoms with Crippen LogP contribution in [-0.4, -0.2) is 36.5 Å². The van der Waals surface area contributed by atoms with Gasteiger partial charge >= 0.3 is 0 Å². The predicted octanol–water partition coefficient (Wildman–Crippen LogP) is 3.05. The van der Waals surface area contributed by atoms with Crippen molar-refractivity contribution in [2.45, 2.75) is 13.0 Å². The smallest absolute Gasteiger partial charge is 0.193 e. The number of thiophene rings is 1. The zero-order chi connectivity index (χ0) is 15.1. The first-order chi connectivity index (χ1) is 10.2. The molecular formula is C15H19ClN4S. The van der Waals surface area contributed by atoms with E-state index >= 15 is 0 Å². The van der Waals surface area contributed by atoms with Gasteiger partial charge in [-0.25, -0.2) is 0 Å². The van der Waals surface area contributed by atoms with Crippen LogP contribution in [-0.2, 0) is 13.0 Å². The van der Waals surface area contributed by atoms with Crippen LogP contribution in [0.4, 0.5) is 0 Å². The third-order valence-electron chi connectivity index (χ3n) is 3.04. The van der Waals surface area contributed by atoms with E-state index in [1.54, 1.807) is 18.4 Å². The summed E-state index contributed by atoms with van der Waals surface area (Å²) in [6.07, 6.45) is 4.58. The van der Waals surface area contributed by atoms with Crippen LogP contribution in [0.1, 0.15) is 10.4 Å². The molecule has 1 N–H and O–H groups in total. The summed E-state index contributed by atoms with van der Waals surface area (Å²) in [7, 11) is 3.82. The van der Waals surface area contributed by atoms with Gasteiger partial charge in [0.2, 0.25) is 0 Å². The number of pyridine rings is 1. The molecule has 21 heavy (non-hydrogen) atoms. The van der Waals surface area contributed by atoms with Crippen molar-refractivity contribution in [2.75, 3.05) is 20.6 Å². The van der Waals surface area contributed by atoms with Gasteiger partial charge in [-0.05, 0) is 36.2 Å². The Bertz CT molecular complexity index is 582. The molecule has 0 amide bonds. The van der Waals surface area contributed by atoms with Crippen LogP contribution in [0.15, 0.2) is 41.7 Å². The van der Waals surface area contributed by atoms with Gasteiger partial charge in [0.1, 0.15) is 0 Å². The molecule has 112 valence electrons. The highest BCUT2D eigenvalue weighted by Gasteiger charge is 2.07. The Hall–Kier alpha value is -1.59. The molecule has 0 bridgehead atoms. The molecule has 0 fully saturated rings. The van der Waals surface area contributed by atoms with Crippen molar-refractivity contribution in [2.24, 2.45) is 4.99 Å². The second-order valence-corrected chi connectivity index (χ2v) is 6.44. The van der Waals surface area contributed by atoms with Crippen molar-refractivity contribution in [3.63, 3.8) is 0 Å². The van der Waals surface area contributed by atoms with E-state index in [9.17, 15) is 0 Å². The molecule has 0 aliphatic carbocycles. The minimum Gasteiger partial charge on any atom is -0.356 e. The van der Waals surface area contributed by atoms with E-state index in [4.69, 9.17) is 11.6 Å². The van der Waals surface area contributed by atoms with Crippen LogP contribution in [0.5, 0.6) is 0 Å². The van der Waals surface area contributed by atoms with Gasteiger partial charge in [-0.2, -0.15) is 0 Å². The quantitative estimate of drug-likeness (QED) is 0.679. The van der Waals surface area contributed by atoms with Crippen molar-refractivity contribution in [3.8, 4) is 0 Å². The molecule has 2 aromatic heterocycles. The van der Waals surface area contributed by atoms with Crippen LogP contribution in [0.3, 0.4) is 0 Å². The summed E-state index contributed by atoms with van der Waals surface area (Å²) in [5.41, 5.74) is 1.26. The number of aliphatic imine (C=N–C) groups is 1. The zero-order valence-corrected chi connectivity index (χ0v) is 13.8. The van der Waals surface area contributed by atoms with Gasteiger partial charge in [0, 0.05) is 37.9 Å². The highest BCUT2D eigenvalue weighted by Crippen LogP contribution is 2.22. The van der Waals surface area contributed by atoms with Crippen LogP contribution in [0.25, 0.3) is 0 Å². The Morgan fingerprint density at radius 3 is 2.71 bits per heavy atom. The molecule has 0 aromatic carbocycles. The molecule has 0 saturated carbocycles. The monoisotopic (exact) mass is 322 g/mol. The lowest BCUT2D eigenvalue weighted by atomic mass is 10.2. The number of hydrogen-bond donors (Lipinski definition) is 1. The predicted molar refractivity (Wildman–Crippen MR) is 90.1 cm³/mol. The maximum atomic E-state index is 5.96. The number of nitrogens with one attached hydrogen (secondary N) is 1. The fourth-order valence-electron chi connectivity index (χ4n) is 2.00. The summed E-state index contributed by atoms with van der Waals surface area (Å²) >= 11 is 7.56. The number of rotatable bonds is 5. The van der Waals surface area contributed by atoms with Gasteiger partial charge in [-0.15, -0.1) is 11.3 Å². The molecule has 0 aliphatic heterocycles. The third kappa shape index (κ3) is 5.02. The minimum absolute atomic E-state index is 0.798. The Balaban J connectivity index is 1.82. The first kappa shape index (κ1) is 15.8. The molecule has 6 heteroatoms. The lowest BCUT2D eigenvalue weighted by molar-refractivity contribution is 0.482. The summed E-state index contributed by atoms with van der Waals surface area (Å²) in [5, 5.41) is 3.37. The van der Waals surface area contributed by atoms with Crippen molar-refractivity contribution >= 4 is 28.9 Å². The first-order valence-electron chi connectivity index (χ1n) is 6.74. The van der Waals surface area contributed by atoms with Gasteiger partial charge in [0.25, 0.3) is 0 Å². The third-order valence-corrected chi connectivity index (χ3v) is 4.26. The normalized spacial score (nSPS) is 11.5. The molecule has 2 rings (SSSR count). The molecule has 0 spiro atoms. The number of guanidine groups is 1. The van der Waals surface area contributed by atoms with Gasteiger partial charge in [0.05, 0.1) is 10.9 Å². The number of hydrogen-bond acceptors (Lipinski definition) is 3. The summed E-state index contributed by atoms with van der Waals surface area (Å²) in [4.78, 5) is 11.6. The SMILES string of the molecule is CN=C(NCCc1ccncc1)N(C)Cc1ccc(Cl)s1. The van der Waals surface area contributed by atoms with E-state index in [0.717, 1.165) is 29.8 Å². The van der Waals surface area contributed by atoms with Gasteiger partial charge < -0.3 is 10.2 Å². The van der Waals surface area contributed by atoms with Crippen LogP contribution >= 0.6 is 22.9 Å². The fraction of sp³-hybridized carbons (Fsp3) is 0.333. The van der Waals surface area contributed by atoms with Crippen LogP contribution in [0, 0.1) is 0 Å². The van der Waals surface area contributed by atoms with E-state index in [1.807, 2.05) is 43.7 Å². The Labute approximate surface area is 134 Å². The zero-order valence-electron chi connectivity index (χ0n) is 12.2. The summed E-state index contributed by atoms with van der Waals surface area (Å²) in [6.45, 7) is 1.64. The highest BCUT2D eigenvalue weighted by molar-refractivity contribution is 7.16. The number of nitrogens with zero attached hydrogens (tertiary/aromatic N) is 3. The molecular weight excluding hydrogens is 304 g/mol. The lowest BCUT2D eigenvalue weighted by Gasteiger charge is -2.21. The average Bonchev–Trinajstić information content (AvgIpc) is 2.89. The fourth-order valence-corrected chi connectivity index (χ4v) is 3.14. The summed E-state index contributed by atoms with van der Waals surface area (Å²) < 4.78 is 0.819. The van der Waals surface area contributed by atoms with E-state index in [0.29, 0.717) is 0 Å². The second-order valence-electron chi connectivity index (χ2n) is 4.64. The van der Waals surface area contributed by atoms with E-state index in [1.165, 1.54) is 10.4 Å². The Morgan fingerprint density at radius 2 is 2.10 bits per heavy atom. The number of halogens is 1. The summed E-state index contributed by atoms with van der Waals surface area (Å²) in [6, 6.07) is 8.03. The largest absolute Gasteiger partial charge is 0.356 e. The van der Waals surface area contributed by atoms with Gasteiger partial charge in [-0.1, -0.05) is 11.6 Å². The maximum absolute atomic E-state index is 5.96. The standard InChI is InChI=1S/C15H19ClN4S/c1-17-15(19-10-7-12-5-8-18-9-6-12)20(2)11-13-3-4-14(16)21-13/h3-6,8-9H,7,10-11H2,1-2H3,(H,17,19). The first-order valence-corrected chi connectivity index (χ1v) is 7.93. The van der Waals surface area contributed by atoms with Crippen molar-refractivity contribution in [1.29, 1.82) is 0 Å². The average molecular weight is 323 g/mol. The molecule has 2 aromatic rings. The number of aromatic nitrogens is 1. The highest BCUT2D eigenvalue weighted by atomic mass is 35.5. The maximum Gasteiger partial charge on any atom is 0.193 e. The Morgan fingerprint density at radius 1 is 1.33 bits per heavy atom. The Kier molecular flexibility index (Phi) is 6.02. The van der Waals surface area contributed by atoms with E-state index < -0.39 is 0 Å². The molecule has 0 unspecified atom stereocenters. The topological polar surface area (TPSA) is 40.5 Å². The molecule has 2 heterocycles. The molecule has 0 saturated heterocycles.